The second kappa shape index (κ2) is 10.9. The van der Waals surface area contributed by atoms with Crippen LogP contribution in [0.15, 0.2) is 49.1 Å². The molecule has 1 unspecified atom stereocenters. The number of imidazole rings is 1. The number of aromatic nitrogens is 3. The van der Waals surface area contributed by atoms with Gasteiger partial charge in [-0.15, -0.1) is 4.33 Å². The summed E-state index contributed by atoms with van der Waals surface area (Å²) < 4.78 is 7.28. The largest absolute Gasteiger partial charge is 0.384 e. The molecule has 0 spiro atoms. The number of halogens is 1. The Bertz CT molecular complexity index is 1130. The molecule has 2 aliphatic rings. The number of H-pyrrole nitrogens is 1. The van der Waals surface area contributed by atoms with Crippen molar-refractivity contribution < 1.29 is 9.22 Å². The first-order valence-electron chi connectivity index (χ1n) is 11.5. The molecule has 1 saturated heterocycles. The Morgan fingerprint density at radius 3 is 2.94 bits per heavy atom. The lowest BCUT2D eigenvalue weighted by molar-refractivity contribution is -0.163. The molecule has 5 rings (SSSR count). The molecule has 1 aliphatic carbocycles. The maximum Gasteiger partial charge on any atom is 0.121 e. The van der Waals surface area contributed by atoms with Crippen molar-refractivity contribution in [2.24, 2.45) is 5.92 Å². The third-order valence-electron chi connectivity index (χ3n) is 6.55. The molecule has 3 aromatic rings. The van der Waals surface area contributed by atoms with E-state index in [0.717, 1.165) is 72.1 Å². The molecule has 1 aliphatic heterocycles. The molecule has 0 amide bonds. The highest BCUT2D eigenvalue weighted by molar-refractivity contribution is 7.92. The van der Waals surface area contributed by atoms with E-state index in [0.29, 0.717) is 5.92 Å². The van der Waals surface area contributed by atoms with E-state index in [-0.39, 0.29) is 5.92 Å². The van der Waals surface area contributed by atoms with Gasteiger partial charge in [0.15, 0.2) is 0 Å². The van der Waals surface area contributed by atoms with Crippen LogP contribution in [0.5, 0.6) is 0 Å². The molecule has 0 radical (unpaired) electrons. The van der Waals surface area contributed by atoms with Gasteiger partial charge < -0.3 is 10.3 Å². The van der Waals surface area contributed by atoms with E-state index in [2.05, 4.69) is 43.9 Å². The molecule has 1 aromatic carbocycles. The number of hydrogen-bond acceptors (Lipinski definition) is 7. The van der Waals surface area contributed by atoms with Gasteiger partial charge in [0.1, 0.15) is 12.2 Å². The number of nitrogens with zero attached hydrogens (tertiary/aromatic N) is 3. The zero-order valence-electron chi connectivity index (χ0n) is 19.0. The monoisotopic (exact) mass is 497 g/mol. The first-order chi connectivity index (χ1) is 16.7. The summed E-state index contributed by atoms with van der Waals surface area (Å²) in [5, 5.41) is 4.40. The zero-order chi connectivity index (χ0) is 23.3. The summed E-state index contributed by atoms with van der Waals surface area (Å²) in [7, 11) is 1.53. The average Bonchev–Trinajstić information content (AvgIpc) is 3.34. The number of rotatable bonds is 8. The van der Waals surface area contributed by atoms with Crippen LogP contribution in [0.3, 0.4) is 0 Å². The topological polar surface area (TPSA) is 75.3 Å². The summed E-state index contributed by atoms with van der Waals surface area (Å²) in [5.41, 5.74) is 6.91. The van der Waals surface area contributed by atoms with Gasteiger partial charge in [-0.1, -0.05) is 17.7 Å². The molecule has 34 heavy (non-hydrogen) atoms. The lowest BCUT2D eigenvalue weighted by Gasteiger charge is -2.35. The molecule has 1 atom stereocenters. The van der Waals surface area contributed by atoms with E-state index in [4.69, 9.17) is 25.8 Å². The Kier molecular flexibility index (Phi) is 7.51. The fraction of sp³-hybridized carbons (Fsp3) is 0.360. The SMILES string of the molecule is COOSN1CCC(C2c3ccc(Cl)cc3C=C(NCCc3cnc[nH]3)c3cccnc32)CC1. The highest BCUT2D eigenvalue weighted by Crippen LogP contribution is 2.44. The Morgan fingerprint density at radius 2 is 2.15 bits per heavy atom. The summed E-state index contributed by atoms with van der Waals surface area (Å²) in [6.07, 6.45) is 10.7. The lowest BCUT2D eigenvalue weighted by atomic mass is 9.76. The van der Waals surface area contributed by atoms with Crippen molar-refractivity contribution in [3.8, 4) is 0 Å². The van der Waals surface area contributed by atoms with Crippen LogP contribution in [-0.4, -0.2) is 46.0 Å². The van der Waals surface area contributed by atoms with Crippen LogP contribution in [-0.2, 0) is 15.6 Å². The number of fused-ring (bicyclic) bond motifs is 2. The number of aromatic amines is 1. The third-order valence-corrected chi connectivity index (χ3v) is 7.55. The highest BCUT2D eigenvalue weighted by Gasteiger charge is 2.34. The van der Waals surface area contributed by atoms with Crippen LogP contribution in [0.25, 0.3) is 11.8 Å². The summed E-state index contributed by atoms with van der Waals surface area (Å²) in [4.78, 5) is 17.0. The van der Waals surface area contributed by atoms with Crippen LogP contribution in [0, 0.1) is 5.92 Å². The molecule has 7 nitrogen and oxygen atoms in total. The fourth-order valence-electron chi connectivity index (χ4n) is 4.96. The van der Waals surface area contributed by atoms with Crippen molar-refractivity contribution in [2.45, 2.75) is 25.2 Å². The summed E-state index contributed by atoms with van der Waals surface area (Å²) >= 11 is 7.73. The minimum absolute atomic E-state index is 0.196. The van der Waals surface area contributed by atoms with Gasteiger partial charge in [0.25, 0.3) is 0 Å². The number of hydrogen-bond donors (Lipinski definition) is 2. The van der Waals surface area contributed by atoms with Crippen molar-refractivity contribution in [1.29, 1.82) is 0 Å². The normalized spacial score (nSPS) is 18.6. The minimum atomic E-state index is 0.196. The number of pyridine rings is 1. The zero-order valence-corrected chi connectivity index (χ0v) is 20.6. The summed E-state index contributed by atoms with van der Waals surface area (Å²) in [5.74, 6) is 0.660. The molecule has 0 bridgehead atoms. The average molecular weight is 498 g/mol. The van der Waals surface area contributed by atoms with Gasteiger partial charge in [-0.2, -0.15) is 0 Å². The van der Waals surface area contributed by atoms with Gasteiger partial charge in [0.2, 0.25) is 0 Å². The van der Waals surface area contributed by atoms with Crippen LogP contribution in [0.4, 0.5) is 0 Å². The quantitative estimate of drug-likeness (QED) is 0.194. The number of piperidine rings is 1. The van der Waals surface area contributed by atoms with Gasteiger partial charge in [-0.25, -0.2) is 14.2 Å². The first kappa shape index (κ1) is 23.4. The van der Waals surface area contributed by atoms with Gasteiger partial charge in [-0.05, 0) is 60.2 Å². The molecular weight excluding hydrogens is 470 g/mol. The van der Waals surface area contributed by atoms with Gasteiger partial charge in [0.05, 0.1) is 19.1 Å². The Labute approximate surface area is 209 Å². The Hall–Kier alpha value is -2.36. The molecule has 9 heteroatoms. The Balaban J connectivity index is 1.45. The standard InChI is InChI=1S/C25H28ClN5O2S/c1-32-33-34-31-11-7-17(8-12-31)24-21-5-4-19(26)13-18(21)14-23(22-3-2-9-29-25(22)24)28-10-6-20-15-27-16-30-20/h2-5,9,13-17,24,28H,6-8,10-12H2,1H3,(H,27,30). The van der Waals surface area contributed by atoms with Crippen molar-refractivity contribution in [1.82, 2.24) is 24.6 Å². The van der Waals surface area contributed by atoms with Crippen molar-refractivity contribution in [3.63, 3.8) is 0 Å². The van der Waals surface area contributed by atoms with Crippen molar-refractivity contribution >= 4 is 35.6 Å². The van der Waals surface area contributed by atoms with Gasteiger partial charge >= 0.3 is 0 Å². The smallest absolute Gasteiger partial charge is 0.121 e. The van der Waals surface area contributed by atoms with Crippen molar-refractivity contribution in [2.75, 3.05) is 26.7 Å². The second-order valence-electron chi connectivity index (χ2n) is 8.57. The van der Waals surface area contributed by atoms with Crippen molar-refractivity contribution in [3.05, 3.63) is 82.2 Å². The molecule has 3 heterocycles. The van der Waals surface area contributed by atoms with Crippen LogP contribution in [0.1, 0.15) is 46.8 Å². The third kappa shape index (κ3) is 5.16. The predicted octanol–water partition coefficient (Wildman–Crippen LogP) is 5.09. The van der Waals surface area contributed by atoms with E-state index in [9.17, 15) is 0 Å². The molecular formula is C25H28ClN5O2S. The number of benzene rings is 1. The molecule has 0 saturated carbocycles. The molecule has 1 fully saturated rings. The fourth-order valence-corrected chi connectivity index (χ4v) is 5.65. The predicted molar refractivity (Wildman–Crippen MR) is 136 cm³/mol. The maximum atomic E-state index is 6.45. The van der Waals surface area contributed by atoms with E-state index >= 15 is 0 Å². The van der Waals surface area contributed by atoms with Crippen LogP contribution >= 0.6 is 23.8 Å². The van der Waals surface area contributed by atoms with E-state index in [1.165, 1.54) is 24.9 Å². The highest BCUT2D eigenvalue weighted by atomic mass is 35.5. The molecule has 2 aromatic heterocycles. The first-order valence-corrected chi connectivity index (χ1v) is 12.6. The lowest BCUT2D eigenvalue weighted by Crippen LogP contribution is -2.32. The van der Waals surface area contributed by atoms with Gasteiger partial charge in [-0.3, -0.25) is 4.98 Å². The number of nitrogens with one attached hydrogen (secondary N) is 2. The maximum absolute atomic E-state index is 6.45. The summed E-state index contributed by atoms with van der Waals surface area (Å²) in [6, 6.07) is 10.4. The Morgan fingerprint density at radius 1 is 1.26 bits per heavy atom. The van der Waals surface area contributed by atoms with E-state index in [1.54, 1.807) is 6.33 Å². The van der Waals surface area contributed by atoms with Crippen LogP contribution < -0.4 is 5.32 Å². The van der Waals surface area contributed by atoms with Gasteiger partial charge in [0, 0.05) is 66.3 Å². The molecule has 2 N–H and O–H groups in total. The second-order valence-corrected chi connectivity index (χ2v) is 9.81. The summed E-state index contributed by atoms with van der Waals surface area (Å²) in [6.45, 7) is 2.66. The van der Waals surface area contributed by atoms with Crippen LogP contribution in [0.2, 0.25) is 5.02 Å². The minimum Gasteiger partial charge on any atom is -0.384 e. The van der Waals surface area contributed by atoms with E-state index < -0.39 is 0 Å². The van der Waals surface area contributed by atoms with E-state index in [1.807, 2.05) is 24.5 Å². The molecule has 178 valence electrons.